The highest BCUT2D eigenvalue weighted by Crippen LogP contribution is 2.32. The van der Waals surface area contributed by atoms with E-state index >= 15 is 0 Å². The van der Waals surface area contributed by atoms with Crippen molar-refractivity contribution in [1.29, 1.82) is 0 Å². The molecule has 0 aliphatic rings. The Hall–Kier alpha value is -2.40. The highest BCUT2D eigenvalue weighted by Gasteiger charge is 2.18. The highest BCUT2D eigenvalue weighted by atomic mass is 32.1. The van der Waals surface area contributed by atoms with Crippen LogP contribution in [0, 0.1) is 13.8 Å². The van der Waals surface area contributed by atoms with Gasteiger partial charge in [-0.3, -0.25) is 9.89 Å². The van der Waals surface area contributed by atoms with E-state index in [4.69, 9.17) is 0 Å². The van der Waals surface area contributed by atoms with Crippen LogP contribution in [0.3, 0.4) is 0 Å². The number of H-pyrrole nitrogens is 1. The van der Waals surface area contributed by atoms with Gasteiger partial charge in [-0.05, 0) is 37.3 Å². The van der Waals surface area contributed by atoms with Crippen LogP contribution in [0.15, 0.2) is 35.7 Å². The molecule has 0 bridgehead atoms. The Bertz CT molecular complexity index is 850. The van der Waals surface area contributed by atoms with E-state index in [2.05, 4.69) is 47.6 Å². The average Bonchev–Trinajstić information content (AvgIpc) is 3.17. The van der Waals surface area contributed by atoms with Crippen LogP contribution in [0.4, 0.5) is 5.69 Å². The predicted octanol–water partition coefficient (Wildman–Crippen LogP) is 4.50. The van der Waals surface area contributed by atoms with Crippen LogP contribution in [-0.4, -0.2) is 16.1 Å². The monoisotopic (exact) mass is 339 g/mol. The van der Waals surface area contributed by atoms with Crippen molar-refractivity contribution in [3.05, 3.63) is 57.4 Å². The number of carbonyl (C=O) groups excluding carboxylic acids is 1. The van der Waals surface area contributed by atoms with E-state index in [1.165, 1.54) is 5.56 Å². The molecule has 124 valence electrons. The van der Waals surface area contributed by atoms with Crippen LogP contribution in [0.5, 0.6) is 0 Å². The Morgan fingerprint density at radius 2 is 2.12 bits per heavy atom. The van der Waals surface area contributed by atoms with E-state index in [-0.39, 0.29) is 5.91 Å². The minimum Gasteiger partial charge on any atom is -0.322 e. The number of rotatable bonds is 5. The lowest BCUT2D eigenvalue weighted by Gasteiger charge is -2.10. The summed E-state index contributed by atoms with van der Waals surface area (Å²) >= 11 is 1.59. The standard InChI is InChI=1S/C19H21N3OS/c1-4-16-19(20-17(23)11-14-6-5-9-24-14)18(22-21-16)15-8-7-12(2)10-13(15)3/h5-10H,4,11H2,1-3H3,(H,20,23)(H,21,22). The second-order valence-electron chi connectivity index (χ2n) is 5.90. The summed E-state index contributed by atoms with van der Waals surface area (Å²) in [5.41, 5.74) is 5.96. The summed E-state index contributed by atoms with van der Waals surface area (Å²) in [6, 6.07) is 10.2. The summed E-state index contributed by atoms with van der Waals surface area (Å²) in [6.07, 6.45) is 1.17. The van der Waals surface area contributed by atoms with Crippen LogP contribution in [0.2, 0.25) is 0 Å². The molecule has 5 heteroatoms. The molecule has 0 saturated carbocycles. The van der Waals surface area contributed by atoms with E-state index in [9.17, 15) is 4.79 Å². The second kappa shape index (κ2) is 7.01. The first kappa shape index (κ1) is 16.5. The van der Waals surface area contributed by atoms with E-state index in [0.29, 0.717) is 6.42 Å². The number of aryl methyl sites for hydroxylation is 3. The normalized spacial score (nSPS) is 10.8. The summed E-state index contributed by atoms with van der Waals surface area (Å²) in [6.45, 7) is 6.19. The Balaban J connectivity index is 1.91. The topological polar surface area (TPSA) is 57.8 Å². The fraction of sp³-hybridized carbons (Fsp3) is 0.263. The summed E-state index contributed by atoms with van der Waals surface area (Å²) in [7, 11) is 0. The molecule has 2 aromatic heterocycles. The molecule has 24 heavy (non-hydrogen) atoms. The van der Waals surface area contributed by atoms with E-state index in [1.54, 1.807) is 11.3 Å². The summed E-state index contributed by atoms with van der Waals surface area (Å²) in [5.74, 6) is -0.0143. The van der Waals surface area contributed by atoms with Crippen LogP contribution < -0.4 is 5.32 Å². The largest absolute Gasteiger partial charge is 0.322 e. The molecule has 1 amide bonds. The molecule has 2 N–H and O–H groups in total. The van der Waals surface area contributed by atoms with Gasteiger partial charge in [0.1, 0.15) is 5.69 Å². The SMILES string of the molecule is CCc1[nH]nc(-c2ccc(C)cc2C)c1NC(=O)Cc1cccs1. The molecule has 0 saturated heterocycles. The Morgan fingerprint density at radius 1 is 1.29 bits per heavy atom. The molecule has 0 spiro atoms. The molecule has 0 radical (unpaired) electrons. The number of amides is 1. The Kier molecular flexibility index (Phi) is 4.81. The zero-order valence-corrected chi connectivity index (χ0v) is 15.0. The lowest BCUT2D eigenvalue weighted by atomic mass is 10.0. The molecule has 0 fully saturated rings. The molecule has 1 aromatic carbocycles. The van der Waals surface area contributed by atoms with Crippen LogP contribution in [0.25, 0.3) is 11.3 Å². The lowest BCUT2D eigenvalue weighted by Crippen LogP contribution is -2.15. The van der Waals surface area contributed by atoms with E-state index < -0.39 is 0 Å². The van der Waals surface area contributed by atoms with Crippen molar-refractivity contribution in [2.75, 3.05) is 5.32 Å². The van der Waals surface area contributed by atoms with Crippen LogP contribution in [-0.2, 0) is 17.6 Å². The number of nitrogens with one attached hydrogen (secondary N) is 2. The van der Waals surface area contributed by atoms with Gasteiger partial charge in [0, 0.05) is 10.4 Å². The molecule has 4 nitrogen and oxygen atoms in total. The number of aromatic amines is 1. The van der Waals surface area contributed by atoms with Crippen LogP contribution >= 0.6 is 11.3 Å². The molecular weight excluding hydrogens is 318 g/mol. The fourth-order valence-corrected chi connectivity index (χ4v) is 3.50. The predicted molar refractivity (Wildman–Crippen MR) is 99.5 cm³/mol. The van der Waals surface area contributed by atoms with Crippen molar-refractivity contribution in [3.8, 4) is 11.3 Å². The first-order valence-electron chi connectivity index (χ1n) is 8.05. The van der Waals surface area contributed by atoms with Crippen molar-refractivity contribution in [2.24, 2.45) is 0 Å². The number of anilines is 1. The first-order chi connectivity index (χ1) is 11.6. The zero-order chi connectivity index (χ0) is 17.1. The minimum absolute atomic E-state index is 0.0143. The first-order valence-corrected chi connectivity index (χ1v) is 8.93. The van der Waals surface area contributed by atoms with Crippen molar-refractivity contribution < 1.29 is 4.79 Å². The van der Waals surface area contributed by atoms with Gasteiger partial charge in [-0.2, -0.15) is 5.10 Å². The second-order valence-corrected chi connectivity index (χ2v) is 6.93. The molecule has 3 rings (SSSR count). The number of hydrogen-bond acceptors (Lipinski definition) is 3. The van der Waals surface area contributed by atoms with Gasteiger partial charge in [0.15, 0.2) is 0 Å². The molecule has 0 aliphatic heterocycles. The number of benzene rings is 1. The van der Waals surface area contributed by atoms with Gasteiger partial charge >= 0.3 is 0 Å². The fourth-order valence-electron chi connectivity index (χ4n) is 2.80. The maximum Gasteiger partial charge on any atom is 0.229 e. The third-order valence-electron chi connectivity index (χ3n) is 4.01. The third-order valence-corrected chi connectivity index (χ3v) is 4.89. The van der Waals surface area contributed by atoms with Gasteiger partial charge in [-0.1, -0.05) is 36.8 Å². The molecule has 0 aliphatic carbocycles. The summed E-state index contributed by atoms with van der Waals surface area (Å²) in [4.78, 5) is 13.5. The van der Waals surface area contributed by atoms with Crippen molar-refractivity contribution in [2.45, 2.75) is 33.6 Å². The van der Waals surface area contributed by atoms with Crippen LogP contribution in [0.1, 0.15) is 28.6 Å². The molecule has 0 atom stereocenters. The van der Waals surface area contributed by atoms with Gasteiger partial charge in [0.05, 0.1) is 17.8 Å². The summed E-state index contributed by atoms with van der Waals surface area (Å²) in [5, 5.41) is 12.6. The molecule has 2 heterocycles. The maximum atomic E-state index is 12.4. The molecular formula is C19H21N3OS. The van der Waals surface area contributed by atoms with E-state index in [1.807, 2.05) is 24.4 Å². The Morgan fingerprint density at radius 3 is 2.79 bits per heavy atom. The van der Waals surface area contributed by atoms with Gasteiger partial charge < -0.3 is 5.32 Å². The van der Waals surface area contributed by atoms with Crippen molar-refractivity contribution >= 4 is 22.9 Å². The van der Waals surface area contributed by atoms with Gasteiger partial charge in [-0.15, -0.1) is 11.3 Å². The maximum absolute atomic E-state index is 12.4. The third kappa shape index (κ3) is 3.41. The number of thiophene rings is 1. The smallest absolute Gasteiger partial charge is 0.229 e. The van der Waals surface area contributed by atoms with Crippen molar-refractivity contribution in [1.82, 2.24) is 10.2 Å². The molecule has 0 unspecified atom stereocenters. The van der Waals surface area contributed by atoms with Gasteiger partial charge in [0.25, 0.3) is 0 Å². The minimum atomic E-state index is -0.0143. The zero-order valence-electron chi connectivity index (χ0n) is 14.1. The van der Waals surface area contributed by atoms with Gasteiger partial charge in [-0.25, -0.2) is 0 Å². The number of aromatic nitrogens is 2. The molecule has 3 aromatic rings. The Labute approximate surface area is 145 Å². The van der Waals surface area contributed by atoms with E-state index in [0.717, 1.165) is 39.5 Å². The number of hydrogen-bond donors (Lipinski definition) is 2. The highest BCUT2D eigenvalue weighted by molar-refractivity contribution is 7.10. The lowest BCUT2D eigenvalue weighted by molar-refractivity contribution is -0.115. The number of carbonyl (C=O) groups is 1. The number of nitrogens with zero attached hydrogens (tertiary/aromatic N) is 1. The summed E-state index contributed by atoms with van der Waals surface area (Å²) < 4.78 is 0. The van der Waals surface area contributed by atoms with Gasteiger partial charge in [0.2, 0.25) is 5.91 Å². The average molecular weight is 339 g/mol. The quantitative estimate of drug-likeness (QED) is 0.719. The van der Waals surface area contributed by atoms with Crippen molar-refractivity contribution in [3.63, 3.8) is 0 Å².